The van der Waals surface area contributed by atoms with Gasteiger partial charge in [0.15, 0.2) is 0 Å². The Bertz CT molecular complexity index is 400. The quantitative estimate of drug-likeness (QED) is 0.774. The number of phenols is 1. The summed E-state index contributed by atoms with van der Waals surface area (Å²) in [7, 11) is 0. The Morgan fingerprint density at radius 3 is 2.76 bits per heavy atom. The number of aromatic hydroxyl groups is 1. The molecule has 1 aromatic carbocycles. The minimum Gasteiger partial charge on any atom is -0.507 e. The molecule has 1 N–H and O–H groups in total. The summed E-state index contributed by atoms with van der Waals surface area (Å²) < 4.78 is 0. The van der Waals surface area contributed by atoms with E-state index >= 15 is 0 Å². The molecule has 2 nitrogen and oxygen atoms in total. The lowest BCUT2D eigenvalue weighted by atomic mass is 9.80. The average Bonchev–Trinajstić information content (AvgIpc) is 2.32. The predicted octanol–water partition coefficient (Wildman–Crippen LogP) is 3.64. The van der Waals surface area contributed by atoms with Crippen LogP contribution in [0.1, 0.15) is 38.7 Å². The molecule has 2 rings (SSSR count). The monoisotopic (exact) mass is 231 g/mol. The lowest BCUT2D eigenvalue weighted by molar-refractivity contribution is 0.268. The van der Waals surface area contributed by atoms with E-state index < -0.39 is 0 Å². The summed E-state index contributed by atoms with van der Waals surface area (Å²) in [5.41, 5.74) is 0.818. The van der Waals surface area contributed by atoms with Crippen LogP contribution in [0.15, 0.2) is 29.3 Å². The number of benzene rings is 1. The molecule has 1 aromatic rings. The zero-order chi connectivity index (χ0) is 12.3. The molecule has 2 heteroatoms. The van der Waals surface area contributed by atoms with Gasteiger partial charge in [0.2, 0.25) is 0 Å². The number of rotatable bonds is 2. The molecule has 17 heavy (non-hydrogen) atoms. The van der Waals surface area contributed by atoms with E-state index in [1.165, 1.54) is 19.3 Å². The number of aliphatic imine (C=N–C) groups is 1. The Morgan fingerprint density at radius 2 is 2.00 bits per heavy atom. The number of hydrogen-bond donors (Lipinski definition) is 1. The number of nitrogens with zero attached hydrogens (tertiary/aromatic N) is 1. The van der Waals surface area contributed by atoms with Gasteiger partial charge in [0.1, 0.15) is 5.75 Å². The highest BCUT2D eigenvalue weighted by Gasteiger charge is 2.24. The molecule has 0 unspecified atom stereocenters. The number of para-hydroxylation sites is 1. The lowest BCUT2D eigenvalue weighted by Crippen LogP contribution is -2.25. The zero-order valence-electron chi connectivity index (χ0n) is 10.6. The molecule has 0 heterocycles. The van der Waals surface area contributed by atoms with Crippen LogP contribution in [0.5, 0.6) is 5.75 Å². The van der Waals surface area contributed by atoms with E-state index in [4.69, 9.17) is 0 Å². The molecule has 3 atom stereocenters. The first-order chi connectivity index (χ1) is 8.16. The van der Waals surface area contributed by atoms with Gasteiger partial charge in [-0.15, -0.1) is 0 Å². The van der Waals surface area contributed by atoms with Gasteiger partial charge in [0, 0.05) is 11.8 Å². The summed E-state index contributed by atoms with van der Waals surface area (Å²) in [4.78, 5) is 4.66. The van der Waals surface area contributed by atoms with E-state index in [9.17, 15) is 5.11 Å². The van der Waals surface area contributed by atoms with Crippen molar-refractivity contribution in [3.63, 3.8) is 0 Å². The van der Waals surface area contributed by atoms with Crippen LogP contribution in [0.4, 0.5) is 0 Å². The fourth-order valence-corrected chi connectivity index (χ4v) is 2.48. The van der Waals surface area contributed by atoms with Crippen molar-refractivity contribution in [1.29, 1.82) is 0 Å². The van der Waals surface area contributed by atoms with Crippen LogP contribution in [-0.2, 0) is 0 Å². The van der Waals surface area contributed by atoms with Crippen molar-refractivity contribution in [2.75, 3.05) is 0 Å². The maximum atomic E-state index is 9.67. The molecule has 0 amide bonds. The molecule has 0 spiro atoms. The van der Waals surface area contributed by atoms with Gasteiger partial charge in [0.25, 0.3) is 0 Å². The van der Waals surface area contributed by atoms with Crippen molar-refractivity contribution >= 4 is 6.21 Å². The van der Waals surface area contributed by atoms with Gasteiger partial charge in [-0.1, -0.05) is 32.4 Å². The Hall–Kier alpha value is -1.31. The molecule has 0 aromatic heterocycles. The highest BCUT2D eigenvalue weighted by Crippen LogP contribution is 2.30. The summed E-state index contributed by atoms with van der Waals surface area (Å²) in [6, 6.07) is 7.77. The molecule has 0 aliphatic heterocycles. The number of hydrogen-bond acceptors (Lipinski definition) is 2. The largest absolute Gasteiger partial charge is 0.507 e. The van der Waals surface area contributed by atoms with Crippen molar-refractivity contribution in [3.05, 3.63) is 29.8 Å². The van der Waals surface area contributed by atoms with Gasteiger partial charge >= 0.3 is 0 Å². The first kappa shape index (κ1) is 12.2. The van der Waals surface area contributed by atoms with E-state index in [0.717, 1.165) is 11.5 Å². The van der Waals surface area contributed by atoms with Gasteiger partial charge in [-0.05, 0) is 36.8 Å². The number of phenolic OH excluding ortho intramolecular Hbond substituents is 1. The Morgan fingerprint density at radius 1 is 1.24 bits per heavy atom. The smallest absolute Gasteiger partial charge is 0.124 e. The maximum Gasteiger partial charge on any atom is 0.124 e. The second-order valence-corrected chi connectivity index (χ2v) is 5.30. The third-order valence-electron chi connectivity index (χ3n) is 3.76. The highest BCUT2D eigenvalue weighted by atomic mass is 16.3. The minimum absolute atomic E-state index is 0.313. The van der Waals surface area contributed by atoms with Gasteiger partial charge in [-0.25, -0.2) is 0 Å². The first-order valence-electron chi connectivity index (χ1n) is 6.48. The second kappa shape index (κ2) is 5.35. The highest BCUT2D eigenvalue weighted by molar-refractivity contribution is 5.83. The molecular weight excluding hydrogens is 210 g/mol. The predicted molar refractivity (Wildman–Crippen MR) is 71.7 cm³/mol. The van der Waals surface area contributed by atoms with Crippen LogP contribution in [-0.4, -0.2) is 17.4 Å². The normalized spacial score (nSPS) is 29.6. The first-order valence-corrected chi connectivity index (χ1v) is 6.48. The van der Waals surface area contributed by atoms with Crippen molar-refractivity contribution < 1.29 is 5.11 Å². The molecule has 0 bridgehead atoms. The standard InChI is InChI=1S/C15H21NO/c1-11-7-8-12(2)14(9-11)16-10-13-5-3-4-6-15(13)17/h3-6,10-12,14,17H,7-9H2,1-2H3/t11-,12-,14+/m1/s1. The van der Waals surface area contributed by atoms with E-state index in [1.54, 1.807) is 6.07 Å². The van der Waals surface area contributed by atoms with Crippen LogP contribution in [0.25, 0.3) is 0 Å². The molecule has 1 aliphatic rings. The maximum absolute atomic E-state index is 9.67. The van der Waals surface area contributed by atoms with E-state index in [0.29, 0.717) is 17.7 Å². The third kappa shape index (κ3) is 3.09. The molecule has 0 saturated heterocycles. The summed E-state index contributed by atoms with van der Waals surface area (Å²) >= 11 is 0. The van der Waals surface area contributed by atoms with Crippen molar-refractivity contribution in [1.82, 2.24) is 0 Å². The van der Waals surface area contributed by atoms with Gasteiger partial charge in [-0.2, -0.15) is 0 Å². The molecule has 1 aliphatic carbocycles. The van der Waals surface area contributed by atoms with Gasteiger partial charge in [-0.3, -0.25) is 4.99 Å². The average molecular weight is 231 g/mol. The molecule has 1 saturated carbocycles. The second-order valence-electron chi connectivity index (χ2n) is 5.30. The van der Waals surface area contributed by atoms with Crippen LogP contribution in [0.3, 0.4) is 0 Å². The molecule has 0 radical (unpaired) electrons. The third-order valence-corrected chi connectivity index (χ3v) is 3.76. The van der Waals surface area contributed by atoms with Crippen molar-refractivity contribution in [3.8, 4) is 5.75 Å². The SMILES string of the molecule is C[C@@H]1CC[C@@H](C)[C@@H](N=Cc2ccccc2O)C1. The minimum atomic E-state index is 0.313. The van der Waals surface area contributed by atoms with Crippen LogP contribution >= 0.6 is 0 Å². The fourth-order valence-electron chi connectivity index (χ4n) is 2.48. The lowest BCUT2D eigenvalue weighted by Gasteiger charge is -2.29. The van der Waals surface area contributed by atoms with Crippen molar-refractivity contribution in [2.24, 2.45) is 16.8 Å². The van der Waals surface area contributed by atoms with Crippen LogP contribution in [0, 0.1) is 11.8 Å². The summed E-state index contributed by atoms with van der Waals surface area (Å²) in [6.45, 7) is 4.58. The van der Waals surface area contributed by atoms with E-state index in [1.807, 2.05) is 24.4 Å². The summed E-state index contributed by atoms with van der Waals surface area (Å²) in [5, 5.41) is 9.67. The molecule has 92 valence electrons. The van der Waals surface area contributed by atoms with Gasteiger partial charge in [0.05, 0.1) is 6.04 Å². The van der Waals surface area contributed by atoms with Crippen molar-refractivity contribution in [2.45, 2.75) is 39.2 Å². The van der Waals surface area contributed by atoms with E-state index in [-0.39, 0.29) is 0 Å². The Balaban J connectivity index is 2.07. The van der Waals surface area contributed by atoms with Crippen LogP contribution < -0.4 is 0 Å². The summed E-state index contributed by atoms with van der Waals surface area (Å²) in [5.74, 6) is 1.75. The Kier molecular flexibility index (Phi) is 3.82. The molecule has 1 fully saturated rings. The zero-order valence-corrected chi connectivity index (χ0v) is 10.6. The topological polar surface area (TPSA) is 32.6 Å². The van der Waals surface area contributed by atoms with E-state index in [2.05, 4.69) is 18.8 Å². The Labute approximate surface area is 103 Å². The summed E-state index contributed by atoms with van der Waals surface area (Å²) in [6.07, 6.45) is 5.59. The van der Waals surface area contributed by atoms with Crippen LogP contribution in [0.2, 0.25) is 0 Å². The molecular formula is C15H21NO. The fraction of sp³-hybridized carbons (Fsp3) is 0.533. The van der Waals surface area contributed by atoms with Gasteiger partial charge < -0.3 is 5.11 Å².